The minimum absolute atomic E-state index is 0.00494. The number of benzene rings is 2. The molecule has 2 aliphatic heterocycles. The maximum absolute atomic E-state index is 13.9. The summed E-state index contributed by atoms with van der Waals surface area (Å²) in [7, 11) is 0. The summed E-state index contributed by atoms with van der Waals surface area (Å²) in [5.41, 5.74) is 1.48. The number of hydrogen-bond acceptors (Lipinski definition) is 3. The highest BCUT2D eigenvalue weighted by molar-refractivity contribution is 6.07. The molecule has 3 amide bonds. The Morgan fingerprint density at radius 1 is 0.853 bits per heavy atom. The molecule has 34 heavy (non-hydrogen) atoms. The quantitative estimate of drug-likeness (QED) is 0.439. The molecule has 1 atom stereocenters. The number of piperidine rings is 1. The van der Waals surface area contributed by atoms with Crippen LogP contribution in [0.2, 0.25) is 0 Å². The smallest absolute Gasteiger partial charge is 0.309 e. The van der Waals surface area contributed by atoms with Crippen molar-refractivity contribution in [2.45, 2.75) is 50.6 Å². The van der Waals surface area contributed by atoms with Gasteiger partial charge in [0.1, 0.15) is 5.54 Å². The highest BCUT2D eigenvalue weighted by atomic mass is 16.2. The first-order valence-electron chi connectivity index (χ1n) is 12.7. The molecule has 0 radical (unpaired) electrons. The van der Waals surface area contributed by atoms with Crippen molar-refractivity contribution in [1.29, 1.82) is 0 Å². The first kappa shape index (κ1) is 22.9. The molecular weight excluding hydrogens is 422 g/mol. The van der Waals surface area contributed by atoms with Gasteiger partial charge in [-0.05, 0) is 55.6 Å². The predicted octanol–water partition coefficient (Wildman–Crippen LogP) is 4.88. The van der Waals surface area contributed by atoms with E-state index in [9.17, 15) is 9.59 Å². The molecule has 1 spiro atoms. The number of imide groups is 1. The number of rotatable bonds is 7. The SMILES string of the molecule is O=C1N(Cc2ccccc2)C(=O)C2(CCN(C[C@@H]3CC=CCC3)CC2)N1CCc1ccccc1. The molecule has 0 N–H and O–H groups in total. The molecular formula is C29H35N3O2. The topological polar surface area (TPSA) is 43.9 Å². The van der Waals surface area contributed by atoms with E-state index in [1.807, 2.05) is 53.4 Å². The van der Waals surface area contributed by atoms with E-state index < -0.39 is 5.54 Å². The van der Waals surface area contributed by atoms with Gasteiger partial charge in [-0.15, -0.1) is 0 Å². The summed E-state index contributed by atoms with van der Waals surface area (Å²) in [6.45, 7) is 3.77. The monoisotopic (exact) mass is 457 g/mol. The number of nitrogens with zero attached hydrogens (tertiary/aromatic N) is 3. The summed E-state index contributed by atoms with van der Waals surface area (Å²) in [4.78, 5) is 33.4. The van der Waals surface area contributed by atoms with Crippen LogP contribution >= 0.6 is 0 Å². The Hall–Kier alpha value is -2.92. The summed E-state index contributed by atoms with van der Waals surface area (Å²) in [6.07, 6.45) is 10.4. The fourth-order valence-corrected chi connectivity index (χ4v) is 5.86. The maximum atomic E-state index is 13.9. The van der Waals surface area contributed by atoms with Gasteiger partial charge in [-0.2, -0.15) is 0 Å². The van der Waals surface area contributed by atoms with Gasteiger partial charge < -0.3 is 9.80 Å². The van der Waals surface area contributed by atoms with E-state index in [4.69, 9.17) is 0 Å². The molecule has 2 saturated heterocycles. The van der Waals surface area contributed by atoms with Gasteiger partial charge >= 0.3 is 6.03 Å². The fraction of sp³-hybridized carbons (Fsp3) is 0.448. The molecule has 2 aromatic carbocycles. The number of likely N-dealkylation sites (tertiary alicyclic amines) is 1. The Labute approximate surface area is 203 Å². The molecule has 2 heterocycles. The number of carbonyl (C=O) groups is 2. The standard InChI is InChI=1S/C29H35N3O2/c33-27-29(17-20-30(21-18-29)22-25-12-6-2-7-13-25)32(19-16-24-10-4-1-5-11-24)28(34)31(27)23-26-14-8-3-9-15-26/h1-6,8-11,14-15,25H,7,12-13,16-23H2/t25-/m1/s1. The summed E-state index contributed by atoms with van der Waals surface area (Å²) in [5.74, 6) is 0.707. The molecule has 0 bridgehead atoms. The molecule has 0 unspecified atom stereocenters. The summed E-state index contributed by atoms with van der Waals surface area (Å²) >= 11 is 0. The zero-order chi connectivity index (χ0) is 23.4. The van der Waals surface area contributed by atoms with Gasteiger partial charge in [0.15, 0.2) is 0 Å². The number of urea groups is 1. The Morgan fingerprint density at radius 2 is 1.53 bits per heavy atom. The average Bonchev–Trinajstić information content (AvgIpc) is 3.07. The van der Waals surface area contributed by atoms with Crippen LogP contribution in [0.5, 0.6) is 0 Å². The lowest BCUT2D eigenvalue weighted by atomic mass is 9.84. The number of amides is 3. The minimum Gasteiger partial charge on any atom is -0.309 e. The predicted molar refractivity (Wildman–Crippen MR) is 134 cm³/mol. The van der Waals surface area contributed by atoms with Crippen molar-refractivity contribution in [2.24, 2.45) is 5.92 Å². The molecule has 5 rings (SSSR count). The van der Waals surface area contributed by atoms with Gasteiger partial charge in [-0.25, -0.2) is 4.79 Å². The Morgan fingerprint density at radius 3 is 2.18 bits per heavy atom. The first-order valence-corrected chi connectivity index (χ1v) is 12.7. The van der Waals surface area contributed by atoms with Crippen molar-refractivity contribution in [1.82, 2.24) is 14.7 Å². The van der Waals surface area contributed by atoms with Crippen LogP contribution in [-0.2, 0) is 17.8 Å². The van der Waals surface area contributed by atoms with E-state index in [1.165, 1.54) is 23.3 Å². The molecule has 1 aliphatic carbocycles. The van der Waals surface area contributed by atoms with Crippen molar-refractivity contribution in [3.8, 4) is 0 Å². The second-order valence-electron chi connectivity index (χ2n) is 10.0. The molecule has 2 fully saturated rings. The third-order valence-electron chi connectivity index (χ3n) is 7.85. The van der Waals surface area contributed by atoms with Crippen LogP contribution < -0.4 is 0 Å². The van der Waals surface area contributed by atoms with E-state index in [2.05, 4.69) is 29.2 Å². The molecule has 2 aromatic rings. The minimum atomic E-state index is -0.705. The second kappa shape index (κ2) is 10.1. The second-order valence-corrected chi connectivity index (χ2v) is 10.0. The van der Waals surface area contributed by atoms with Gasteiger partial charge in [-0.3, -0.25) is 9.69 Å². The van der Waals surface area contributed by atoms with E-state index in [0.29, 0.717) is 19.0 Å². The zero-order valence-electron chi connectivity index (χ0n) is 19.9. The van der Waals surface area contributed by atoms with Crippen LogP contribution in [0.4, 0.5) is 4.79 Å². The van der Waals surface area contributed by atoms with Crippen molar-refractivity contribution < 1.29 is 9.59 Å². The van der Waals surface area contributed by atoms with Crippen LogP contribution in [0, 0.1) is 5.92 Å². The average molecular weight is 458 g/mol. The Kier molecular flexibility index (Phi) is 6.82. The molecule has 5 nitrogen and oxygen atoms in total. The maximum Gasteiger partial charge on any atom is 0.328 e. The Balaban J connectivity index is 1.33. The first-order chi connectivity index (χ1) is 16.7. The molecule has 5 heteroatoms. The normalized spacial score (nSPS) is 22.6. The summed E-state index contributed by atoms with van der Waals surface area (Å²) < 4.78 is 0. The van der Waals surface area contributed by atoms with Crippen LogP contribution in [0.1, 0.15) is 43.2 Å². The molecule has 3 aliphatic rings. The summed E-state index contributed by atoms with van der Waals surface area (Å²) in [6, 6.07) is 20.0. The van der Waals surface area contributed by atoms with Gasteiger partial charge in [0.2, 0.25) is 0 Å². The fourth-order valence-electron chi connectivity index (χ4n) is 5.86. The number of allylic oxidation sites excluding steroid dienone is 2. The van der Waals surface area contributed by atoms with Gasteiger partial charge in [0, 0.05) is 26.2 Å². The van der Waals surface area contributed by atoms with E-state index >= 15 is 0 Å². The largest absolute Gasteiger partial charge is 0.328 e. The van der Waals surface area contributed by atoms with Crippen LogP contribution in [0.15, 0.2) is 72.8 Å². The van der Waals surface area contributed by atoms with Gasteiger partial charge in [0.05, 0.1) is 6.54 Å². The molecule has 178 valence electrons. The van der Waals surface area contributed by atoms with E-state index in [-0.39, 0.29) is 11.9 Å². The Bertz CT molecular complexity index is 1010. The third-order valence-corrected chi connectivity index (χ3v) is 7.85. The van der Waals surface area contributed by atoms with Crippen molar-refractivity contribution in [3.63, 3.8) is 0 Å². The van der Waals surface area contributed by atoms with E-state index in [0.717, 1.165) is 50.9 Å². The lowest BCUT2D eigenvalue weighted by Gasteiger charge is -2.43. The lowest BCUT2D eigenvalue weighted by Crippen LogP contribution is -2.57. The number of hydrogen-bond donors (Lipinski definition) is 0. The van der Waals surface area contributed by atoms with Crippen LogP contribution in [0.3, 0.4) is 0 Å². The highest BCUT2D eigenvalue weighted by Crippen LogP contribution is 2.38. The lowest BCUT2D eigenvalue weighted by molar-refractivity contribution is -0.136. The summed E-state index contributed by atoms with van der Waals surface area (Å²) in [5, 5.41) is 0. The number of carbonyl (C=O) groups excluding carboxylic acids is 2. The van der Waals surface area contributed by atoms with Crippen molar-refractivity contribution in [2.75, 3.05) is 26.2 Å². The van der Waals surface area contributed by atoms with Crippen LogP contribution in [-0.4, -0.2) is 58.4 Å². The highest BCUT2D eigenvalue weighted by Gasteiger charge is 2.57. The van der Waals surface area contributed by atoms with E-state index in [1.54, 1.807) is 0 Å². The van der Waals surface area contributed by atoms with Gasteiger partial charge in [-0.1, -0.05) is 72.8 Å². The molecule has 0 saturated carbocycles. The van der Waals surface area contributed by atoms with Gasteiger partial charge in [0.25, 0.3) is 5.91 Å². The molecule has 0 aromatic heterocycles. The third kappa shape index (κ3) is 4.67. The van der Waals surface area contributed by atoms with Crippen LogP contribution in [0.25, 0.3) is 0 Å². The van der Waals surface area contributed by atoms with Crippen molar-refractivity contribution in [3.05, 3.63) is 83.9 Å². The van der Waals surface area contributed by atoms with Crippen molar-refractivity contribution >= 4 is 11.9 Å². The zero-order valence-corrected chi connectivity index (χ0v) is 19.9.